The molecule has 1 atom stereocenters. The number of nitrogens with one attached hydrogen (secondary N) is 1. The predicted molar refractivity (Wildman–Crippen MR) is 59.6 cm³/mol. The van der Waals surface area contributed by atoms with Crippen LogP contribution in [0.15, 0.2) is 18.2 Å². The number of nitrogen functional groups attached to an aromatic ring is 1. The van der Waals surface area contributed by atoms with Crippen molar-refractivity contribution in [2.24, 2.45) is 0 Å². The van der Waals surface area contributed by atoms with Crippen LogP contribution in [-0.4, -0.2) is 23.7 Å². The SMILES string of the molecule is Cc1c(N)cccc1C(=O)N[C@@H](C)CO. The molecule has 82 valence electrons. The van der Waals surface area contributed by atoms with Crippen LogP contribution < -0.4 is 11.1 Å². The Morgan fingerprint density at radius 2 is 2.27 bits per heavy atom. The van der Waals surface area contributed by atoms with E-state index in [1.165, 1.54) is 0 Å². The number of rotatable bonds is 3. The number of aliphatic hydroxyl groups is 1. The molecule has 0 saturated heterocycles. The Kier molecular flexibility index (Phi) is 3.68. The highest BCUT2D eigenvalue weighted by atomic mass is 16.3. The van der Waals surface area contributed by atoms with E-state index in [9.17, 15) is 4.79 Å². The first kappa shape index (κ1) is 11.5. The summed E-state index contributed by atoms with van der Waals surface area (Å²) in [5, 5.41) is 11.5. The van der Waals surface area contributed by atoms with E-state index in [1.807, 2.05) is 0 Å². The fourth-order valence-corrected chi connectivity index (χ4v) is 1.25. The van der Waals surface area contributed by atoms with Gasteiger partial charge in [0, 0.05) is 17.3 Å². The first-order valence-electron chi connectivity index (χ1n) is 4.83. The molecule has 1 aromatic carbocycles. The Balaban J connectivity index is 2.87. The maximum Gasteiger partial charge on any atom is 0.251 e. The summed E-state index contributed by atoms with van der Waals surface area (Å²) in [4.78, 5) is 11.7. The van der Waals surface area contributed by atoms with Crippen molar-refractivity contribution >= 4 is 11.6 Å². The molecule has 0 aliphatic rings. The first-order valence-corrected chi connectivity index (χ1v) is 4.83. The summed E-state index contributed by atoms with van der Waals surface area (Å²) in [7, 11) is 0. The lowest BCUT2D eigenvalue weighted by Crippen LogP contribution is -2.35. The molecule has 0 unspecified atom stereocenters. The van der Waals surface area contributed by atoms with Crippen molar-refractivity contribution in [2.45, 2.75) is 19.9 Å². The van der Waals surface area contributed by atoms with Gasteiger partial charge in [0.1, 0.15) is 0 Å². The smallest absolute Gasteiger partial charge is 0.251 e. The van der Waals surface area contributed by atoms with Gasteiger partial charge in [0.15, 0.2) is 0 Å². The van der Waals surface area contributed by atoms with Crippen LogP contribution in [0.4, 0.5) is 5.69 Å². The van der Waals surface area contributed by atoms with E-state index in [0.717, 1.165) is 5.56 Å². The van der Waals surface area contributed by atoms with Crippen molar-refractivity contribution in [1.29, 1.82) is 0 Å². The Hall–Kier alpha value is -1.55. The van der Waals surface area contributed by atoms with E-state index < -0.39 is 0 Å². The molecule has 0 aromatic heterocycles. The number of benzene rings is 1. The largest absolute Gasteiger partial charge is 0.398 e. The molecular weight excluding hydrogens is 192 g/mol. The zero-order valence-electron chi connectivity index (χ0n) is 8.95. The van der Waals surface area contributed by atoms with Gasteiger partial charge < -0.3 is 16.2 Å². The fourth-order valence-electron chi connectivity index (χ4n) is 1.25. The van der Waals surface area contributed by atoms with Crippen molar-refractivity contribution in [1.82, 2.24) is 5.32 Å². The van der Waals surface area contributed by atoms with E-state index in [2.05, 4.69) is 5.32 Å². The Morgan fingerprint density at radius 3 is 2.87 bits per heavy atom. The summed E-state index contributed by atoms with van der Waals surface area (Å²) < 4.78 is 0. The standard InChI is InChI=1S/C11H16N2O2/c1-7(6-14)13-11(15)9-4-3-5-10(12)8(9)2/h3-5,7,14H,6,12H2,1-2H3,(H,13,15)/t7-/m0/s1. The minimum absolute atomic E-state index is 0.0763. The maximum atomic E-state index is 11.7. The van der Waals surface area contributed by atoms with Crippen LogP contribution >= 0.6 is 0 Å². The van der Waals surface area contributed by atoms with Crippen molar-refractivity contribution in [3.63, 3.8) is 0 Å². The van der Waals surface area contributed by atoms with Crippen LogP contribution in [0.2, 0.25) is 0 Å². The summed E-state index contributed by atoms with van der Waals surface area (Å²) in [6.45, 7) is 3.46. The molecule has 0 fully saturated rings. The summed E-state index contributed by atoms with van der Waals surface area (Å²) in [6.07, 6.45) is 0. The Morgan fingerprint density at radius 1 is 1.60 bits per heavy atom. The highest BCUT2D eigenvalue weighted by Gasteiger charge is 2.12. The Labute approximate surface area is 89.1 Å². The lowest BCUT2D eigenvalue weighted by atomic mass is 10.1. The zero-order valence-corrected chi connectivity index (χ0v) is 8.95. The number of aliphatic hydroxyl groups excluding tert-OH is 1. The van der Waals surface area contributed by atoms with Gasteiger partial charge in [0.25, 0.3) is 5.91 Å². The number of hydrogen-bond donors (Lipinski definition) is 3. The number of amides is 1. The normalized spacial score (nSPS) is 12.2. The van der Waals surface area contributed by atoms with Crippen LogP contribution in [0.1, 0.15) is 22.8 Å². The second-order valence-electron chi connectivity index (χ2n) is 3.58. The van der Waals surface area contributed by atoms with E-state index in [-0.39, 0.29) is 18.6 Å². The maximum absolute atomic E-state index is 11.7. The highest BCUT2D eigenvalue weighted by molar-refractivity contribution is 5.97. The van der Waals surface area contributed by atoms with Crippen molar-refractivity contribution in [3.8, 4) is 0 Å². The highest BCUT2D eigenvalue weighted by Crippen LogP contribution is 2.15. The predicted octanol–water partition coefficient (Wildman–Crippen LogP) is 0.688. The molecule has 4 N–H and O–H groups in total. The van der Waals surface area contributed by atoms with Crippen LogP contribution in [0.5, 0.6) is 0 Å². The third-order valence-electron chi connectivity index (χ3n) is 2.27. The Bertz CT molecular complexity index is 364. The van der Waals surface area contributed by atoms with Gasteiger partial charge in [-0.25, -0.2) is 0 Å². The van der Waals surface area contributed by atoms with Gasteiger partial charge in [0.05, 0.1) is 6.61 Å². The lowest BCUT2D eigenvalue weighted by molar-refractivity contribution is 0.0921. The third-order valence-corrected chi connectivity index (χ3v) is 2.27. The zero-order chi connectivity index (χ0) is 11.4. The molecule has 0 aliphatic carbocycles. The third kappa shape index (κ3) is 2.70. The van der Waals surface area contributed by atoms with Crippen molar-refractivity contribution in [3.05, 3.63) is 29.3 Å². The lowest BCUT2D eigenvalue weighted by Gasteiger charge is -2.12. The minimum atomic E-state index is -0.252. The second-order valence-corrected chi connectivity index (χ2v) is 3.58. The van der Waals surface area contributed by atoms with E-state index >= 15 is 0 Å². The summed E-state index contributed by atoms with van der Waals surface area (Å²) in [5.41, 5.74) is 7.60. The number of carbonyl (C=O) groups excluding carboxylic acids is 1. The molecule has 0 saturated carbocycles. The van der Waals surface area contributed by atoms with Crippen LogP contribution in [-0.2, 0) is 0 Å². The summed E-state index contributed by atoms with van der Waals surface area (Å²) in [5.74, 6) is -0.207. The summed E-state index contributed by atoms with van der Waals surface area (Å²) in [6, 6.07) is 4.95. The molecule has 4 nitrogen and oxygen atoms in total. The number of carbonyl (C=O) groups is 1. The van der Waals surface area contributed by atoms with E-state index in [4.69, 9.17) is 10.8 Å². The van der Waals surface area contributed by atoms with Crippen LogP contribution in [0.3, 0.4) is 0 Å². The molecule has 15 heavy (non-hydrogen) atoms. The molecule has 1 rings (SSSR count). The van der Waals surface area contributed by atoms with E-state index in [1.54, 1.807) is 32.0 Å². The van der Waals surface area contributed by atoms with Crippen LogP contribution in [0.25, 0.3) is 0 Å². The molecule has 0 radical (unpaired) electrons. The molecular formula is C11H16N2O2. The fraction of sp³-hybridized carbons (Fsp3) is 0.364. The number of anilines is 1. The molecule has 0 bridgehead atoms. The molecule has 0 aliphatic heterocycles. The van der Waals surface area contributed by atoms with Crippen LogP contribution in [0, 0.1) is 6.92 Å². The number of nitrogens with two attached hydrogens (primary N) is 1. The minimum Gasteiger partial charge on any atom is -0.398 e. The van der Waals surface area contributed by atoms with Gasteiger partial charge >= 0.3 is 0 Å². The molecule has 0 heterocycles. The first-order chi connectivity index (χ1) is 7.06. The molecule has 4 heteroatoms. The van der Waals surface area contributed by atoms with E-state index in [0.29, 0.717) is 11.3 Å². The quantitative estimate of drug-likeness (QED) is 0.640. The monoisotopic (exact) mass is 208 g/mol. The average Bonchev–Trinajstić information content (AvgIpc) is 2.21. The van der Waals surface area contributed by atoms with Gasteiger partial charge in [0.2, 0.25) is 0 Å². The molecule has 0 spiro atoms. The molecule has 1 amide bonds. The summed E-state index contributed by atoms with van der Waals surface area (Å²) >= 11 is 0. The van der Waals surface area contributed by atoms with Gasteiger partial charge in [-0.05, 0) is 31.5 Å². The van der Waals surface area contributed by atoms with Gasteiger partial charge in [-0.3, -0.25) is 4.79 Å². The average molecular weight is 208 g/mol. The van der Waals surface area contributed by atoms with Crippen molar-refractivity contribution < 1.29 is 9.90 Å². The van der Waals surface area contributed by atoms with Gasteiger partial charge in [-0.1, -0.05) is 6.07 Å². The molecule has 1 aromatic rings. The van der Waals surface area contributed by atoms with Gasteiger partial charge in [-0.2, -0.15) is 0 Å². The topological polar surface area (TPSA) is 75.4 Å². The number of hydrogen-bond acceptors (Lipinski definition) is 3. The van der Waals surface area contributed by atoms with Crippen molar-refractivity contribution in [2.75, 3.05) is 12.3 Å². The van der Waals surface area contributed by atoms with Gasteiger partial charge in [-0.15, -0.1) is 0 Å². The second kappa shape index (κ2) is 4.79.